The van der Waals surface area contributed by atoms with Crippen LogP contribution in [0.25, 0.3) is 11.1 Å². The van der Waals surface area contributed by atoms with Gasteiger partial charge in [-0.2, -0.15) is 11.8 Å². The van der Waals surface area contributed by atoms with Crippen molar-refractivity contribution < 1.29 is 9.59 Å². The van der Waals surface area contributed by atoms with Gasteiger partial charge >= 0.3 is 0 Å². The molecule has 0 aliphatic heterocycles. The van der Waals surface area contributed by atoms with Gasteiger partial charge in [0.05, 0.1) is 0 Å². The zero-order chi connectivity index (χ0) is 17.4. The molecule has 2 aromatic carbocycles. The molecule has 2 amide bonds. The molecule has 24 heavy (non-hydrogen) atoms. The fourth-order valence-corrected chi connectivity index (χ4v) is 3.10. The van der Waals surface area contributed by atoms with Crippen molar-refractivity contribution in [2.75, 3.05) is 18.1 Å². The Morgan fingerprint density at radius 1 is 1.08 bits per heavy atom. The third-order valence-electron chi connectivity index (χ3n) is 3.51. The maximum absolute atomic E-state index is 12.3. The van der Waals surface area contributed by atoms with Crippen LogP contribution in [-0.4, -0.2) is 29.9 Å². The second kappa shape index (κ2) is 9.13. The van der Waals surface area contributed by atoms with Crippen LogP contribution < -0.4 is 11.1 Å². The Balaban J connectivity index is 2.12. The zero-order valence-electron chi connectivity index (χ0n) is 13.7. The quantitative estimate of drug-likeness (QED) is 0.723. The molecule has 2 aromatic rings. The lowest BCUT2D eigenvalue weighted by Gasteiger charge is -2.09. The highest BCUT2D eigenvalue weighted by atomic mass is 32.2. The second-order valence-electron chi connectivity index (χ2n) is 5.36. The number of thioether (sulfide) groups is 1. The molecule has 5 heteroatoms. The number of hydrogen-bond acceptors (Lipinski definition) is 3. The molecular formula is C19H22N2O2S. The second-order valence-corrected chi connectivity index (χ2v) is 6.58. The van der Waals surface area contributed by atoms with Gasteiger partial charge in [0.2, 0.25) is 5.91 Å². The Labute approximate surface area is 146 Å². The van der Waals surface area contributed by atoms with Crippen LogP contribution in [0.5, 0.6) is 0 Å². The number of carbonyl (C=O) groups is 2. The molecule has 0 spiro atoms. The van der Waals surface area contributed by atoms with Crippen molar-refractivity contribution in [2.24, 2.45) is 5.73 Å². The molecule has 0 radical (unpaired) electrons. The molecule has 2 rings (SSSR count). The summed E-state index contributed by atoms with van der Waals surface area (Å²) in [5.41, 5.74) is 8.00. The number of hydrogen-bond donors (Lipinski definition) is 2. The van der Waals surface area contributed by atoms with Crippen LogP contribution in [0, 0.1) is 0 Å². The van der Waals surface area contributed by atoms with Gasteiger partial charge in [-0.3, -0.25) is 9.59 Å². The predicted octanol–water partition coefficient (Wildman–Crippen LogP) is 3.33. The van der Waals surface area contributed by atoms with Crippen molar-refractivity contribution >= 4 is 23.6 Å². The number of nitrogens with two attached hydrogens (primary N) is 1. The molecule has 0 aliphatic rings. The van der Waals surface area contributed by atoms with Crippen molar-refractivity contribution in [1.29, 1.82) is 0 Å². The van der Waals surface area contributed by atoms with Crippen LogP contribution >= 0.6 is 11.8 Å². The summed E-state index contributed by atoms with van der Waals surface area (Å²) in [6, 6.07) is 14.4. The highest BCUT2D eigenvalue weighted by Crippen LogP contribution is 2.24. The van der Waals surface area contributed by atoms with Crippen LogP contribution in [0.3, 0.4) is 0 Å². The van der Waals surface area contributed by atoms with E-state index in [1.54, 1.807) is 24.3 Å². The van der Waals surface area contributed by atoms with E-state index >= 15 is 0 Å². The van der Waals surface area contributed by atoms with E-state index in [9.17, 15) is 9.59 Å². The molecule has 126 valence electrons. The van der Waals surface area contributed by atoms with E-state index < -0.39 is 5.91 Å². The Kier molecular flexibility index (Phi) is 6.88. The number of amides is 2. The van der Waals surface area contributed by atoms with E-state index in [-0.39, 0.29) is 5.91 Å². The van der Waals surface area contributed by atoms with Crippen LogP contribution in [0.1, 0.15) is 34.1 Å². The highest BCUT2D eigenvalue weighted by Gasteiger charge is 2.11. The lowest BCUT2D eigenvalue weighted by molar-refractivity contribution is 0.0955. The van der Waals surface area contributed by atoms with Crippen molar-refractivity contribution in [3.8, 4) is 11.1 Å². The van der Waals surface area contributed by atoms with Gasteiger partial charge in [0.15, 0.2) is 0 Å². The molecule has 4 nitrogen and oxygen atoms in total. The zero-order valence-corrected chi connectivity index (χ0v) is 14.6. The Bertz CT molecular complexity index is 716. The standard InChI is InChI=1S/C19H22N2O2S/c1-2-11-24-12-10-21-19(23)15-7-5-6-14(13-15)16-8-3-4-9-17(16)18(20)22/h3-9,13H,2,10-12H2,1H3,(H2,20,22)(H,21,23). The molecule has 0 bridgehead atoms. The molecule has 3 N–H and O–H groups in total. The minimum absolute atomic E-state index is 0.106. The van der Waals surface area contributed by atoms with Crippen molar-refractivity contribution in [1.82, 2.24) is 5.32 Å². The lowest BCUT2D eigenvalue weighted by Crippen LogP contribution is -2.25. The summed E-state index contributed by atoms with van der Waals surface area (Å²) in [7, 11) is 0. The maximum Gasteiger partial charge on any atom is 0.251 e. The summed E-state index contributed by atoms with van der Waals surface area (Å²) in [4.78, 5) is 23.8. The first-order valence-electron chi connectivity index (χ1n) is 7.98. The molecule has 0 aliphatic carbocycles. The van der Waals surface area contributed by atoms with Gasteiger partial charge in [0.25, 0.3) is 5.91 Å². The van der Waals surface area contributed by atoms with Gasteiger partial charge in [-0.05, 0) is 41.5 Å². The minimum Gasteiger partial charge on any atom is -0.366 e. The average molecular weight is 342 g/mol. The Morgan fingerprint density at radius 2 is 1.88 bits per heavy atom. The number of rotatable bonds is 8. The normalized spacial score (nSPS) is 10.4. The highest BCUT2D eigenvalue weighted by molar-refractivity contribution is 7.99. The lowest BCUT2D eigenvalue weighted by atomic mass is 9.97. The minimum atomic E-state index is -0.478. The summed E-state index contributed by atoms with van der Waals surface area (Å²) < 4.78 is 0. The molecule has 0 saturated carbocycles. The van der Waals surface area contributed by atoms with Crippen LogP contribution in [-0.2, 0) is 0 Å². The van der Waals surface area contributed by atoms with Gasteiger partial charge in [-0.1, -0.05) is 37.3 Å². The fourth-order valence-electron chi connectivity index (χ4n) is 2.36. The monoisotopic (exact) mass is 342 g/mol. The fraction of sp³-hybridized carbons (Fsp3) is 0.263. The van der Waals surface area contributed by atoms with Gasteiger partial charge < -0.3 is 11.1 Å². The van der Waals surface area contributed by atoms with Crippen LogP contribution in [0.2, 0.25) is 0 Å². The summed E-state index contributed by atoms with van der Waals surface area (Å²) in [5, 5.41) is 2.92. The number of benzene rings is 2. The van der Waals surface area contributed by atoms with Crippen LogP contribution in [0.15, 0.2) is 48.5 Å². The first kappa shape index (κ1) is 18.1. The molecule has 0 aromatic heterocycles. The summed E-state index contributed by atoms with van der Waals surface area (Å²) in [6.07, 6.45) is 1.14. The number of carbonyl (C=O) groups excluding carboxylic acids is 2. The van der Waals surface area contributed by atoms with E-state index in [0.717, 1.165) is 29.1 Å². The van der Waals surface area contributed by atoms with Crippen LogP contribution in [0.4, 0.5) is 0 Å². The first-order valence-corrected chi connectivity index (χ1v) is 9.14. The molecule has 0 unspecified atom stereocenters. The predicted molar refractivity (Wildman–Crippen MR) is 100 cm³/mol. The topological polar surface area (TPSA) is 72.2 Å². The number of nitrogens with one attached hydrogen (secondary N) is 1. The van der Waals surface area contributed by atoms with E-state index in [4.69, 9.17) is 5.73 Å². The molecule has 0 saturated heterocycles. The van der Waals surface area contributed by atoms with E-state index in [1.807, 2.05) is 36.0 Å². The molecule has 0 fully saturated rings. The van der Waals surface area contributed by atoms with E-state index in [1.165, 1.54) is 0 Å². The summed E-state index contributed by atoms with van der Waals surface area (Å²) in [5.74, 6) is 1.43. The van der Waals surface area contributed by atoms with Crippen molar-refractivity contribution in [2.45, 2.75) is 13.3 Å². The van der Waals surface area contributed by atoms with E-state index in [2.05, 4.69) is 12.2 Å². The van der Waals surface area contributed by atoms with Gasteiger partial charge in [0, 0.05) is 23.4 Å². The van der Waals surface area contributed by atoms with Crippen molar-refractivity contribution in [3.63, 3.8) is 0 Å². The van der Waals surface area contributed by atoms with Gasteiger partial charge in [-0.25, -0.2) is 0 Å². The van der Waals surface area contributed by atoms with E-state index in [0.29, 0.717) is 17.7 Å². The SMILES string of the molecule is CCCSCCNC(=O)c1cccc(-c2ccccc2C(N)=O)c1. The third-order valence-corrected chi connectivity index (χ3v) is 4.70. The largest absolute Gasteiger partial charge is 0.366 e. The molecule has 0 heterocycles. The average Bonchev–Trinajstić information content (AvgIpc) is 2.61. The van der Waals surface area contributed by atoms with Gasteiger partial charge in [-0.15, -0.1) is 0 Å². The third kappa shape index (κ3) is 4.86. The maximum atomic E-state index is 12.3. The first-order chi connectivity index (χ1) is 11.6. The molecular weight excluding hydrogens is 320 g/mol. The Morgan fingerprint density at radius 3 is 2.62 bits per heavy atom. The smallest absolute Gasteiger partial charge is 0.251 e. The van der Waals surface area contributed by atoms with Gasteiger partial charge in [0.1, 0.15) is 0 Å². The summed E-state index contributed by atoms with van der Waals surface area (Å²) in [6.45, 7) is 2.78. The molecule has 0 atom stereocenters. The van der Waals surface area contributed by atoms with Crippen molar-refractivity contribution in [3.05, 3.63) is 59.7 Å². The summed E-state index contributed by atoms with van der Waals surface area (Å²) >= 11 is 1.83. The number of primary amides is 1. The Hall–Kier alpha value is -2.27.